The van der Waals surface area contributed by atoms with Crippen molar-refractivity contribution in [1.82, 2.24) is 5.32 Å². The fourth-order valence-electron chi connectivity index (χ4n) is 2.75. The zero-order chi connectivity index (χ0) is 20.7. The summed E-state index contributed by atoms with van der Waals surface area (Å²) < 4.78 is 5.36. The number of hydrogen-bond donors (Lipinski definition) is 2. The Kier molecular flexibility index (Phi) is 7.08. The molecule has 0 aromatic heterocycles. The third-order valence-corrected chi connectivity index (χ3v) is 4.24. The molecule has 0 aliphatic rings. The molecule has 1 atom stereocenters. The first kappa shape index (κ1) is 20.9. The summed E-state index contributed by atoms with van der Waals surface area (Å²) in [5, 5.41) is 22.9. The van der Waals surface area contributed by atoms with Crippen molar-refractivity contribution in [2.24, 2.45) is 5.92 Å². The van der Waals surface area contributed by atoms with E-state index in [1.54, 1.807) is 31.2 Å². The highest BCUT2D eigenvalue weighted by molar-refractivity contribution is 5.96. The lowest BCUT2D eigenvalue weighted by atomic mass is 9.99. The van der Waals surface area contributed by atoms with Gasteiger partial charge < -0.3 is 15.2 Å². The minimum Gasteiger partial charge on any atom is -0.494 e. The van der Waals surface area contributed by atoms with Crippen LogP contribution in [0.15, 0.2) is 42.5 Å². The summed E-state index contributed by atoms with van der Waals surface area (Å²) in [6.45, 7) is 3.96. The first-order valence-corrected chi connectivity index (χ1v) is 8.79. The van der Waals surface area contributed by atoms with Crippen molar-refractivity contribution in [3.63, 3.8) is 0 Å². The van der Waals surface area contributed by atoms with Gasteiger partial charge in [-0.3, -0.25) is 19.7 Å². The number of nitrogens with one attached hydrogen (secondary N) is 1. The van der Waals surface area contributed by atoms with Gasteiger partial charge in [-0.25, -0.2) is 0 Å². The average molecular weight is 386 g/mol. The summed E-state index contributed by atoms with van der Waals surface area (Å²) in [5.74, 6) is -1.58. The van der Waals surface area contributed by atoms with Crippen LogP contribution in [0.2, 0.25) is 0 Å². The van der Waals surface area contributed by atoms with Crippen molar-refractivity contribution < 1.29 is 24.4 Å². The second-order valence-corrected chi connectivity index (χ2v) is 6.28. The van der Waals surface area contributed by atoms with Crippen LogP contribution in [-0.4, -0.2) is 35.1 Å². The highest BCUT2D eigenvalue weighted by atomic mass is 16.6. The maximum Gasteiger partial charge on any atom is 0.308 e. The first-order valence-electron chi connectivity index (χ1n) is 8.79. The SMILES string of the molecule is CCOc1ccc(CC(CNC(=O)c2ccc([N+](=O)[O-])cc2C)C(=O)O)cc1. The molecule has 0 aliphatic heterocycles. The molecular weight excluding hydrogens is 364 g/mol. The molecule has 0 fully saturated rings. The number of carboxylic acids is 1. The largest absolute Gasteiger partial charge is 0.494 e. The van der Waals surface area contributed by atoms with Crippen molar-refractivity contribution >= 4 is 17.6 Å². The van der Waals surface area contributed by atoms with Crippen LogP contribution >= 0.6 is 0 Å². The predicted octanol–water partition coefficient (Wildman–Crippen LogP) is 2.98. The highest BCUT2D eigenvalue weighted by Gasteiger charge is 2.20. The molecule has 0 saturated heterocycles. The molecule has 0 heterocycles. The monoisotopic (exact) mass is 386 g/mol. The Morgan fingerprint density at radius 3 is 2.43 bits per heavy atom. The van der Waals surface area contributed by atoms with Crippen LogP contribution in [-0.2, 0) is 11.2 Å². The van der Waals surface area contributed by atoms with Gasteiger partial charge in [0, 0.05) is 24.2 Å². The standard InChI is InChI=1S/C20H22N2O6/c1-3-28-17-7-4-14(5-8-17)11-15(20(24)25)12-21-19(23)18-9-6-16(22(26)27)10-13(18)2/h4-10,15H,3,11-12H2,1-2H3,(H,21,23)(H,24,25). The van der Waals surface area contributed by atoms with Crippen LogP contribution in [0, 0.1) is 23.0 Å². The molecule has 1 unspecified atom stereocenters. The Morgan fingerprint density at radius 1 is 1.21 bits per heavy atom. The lowest BCUT2D eigenvalue weighted by Crippen LogP contribution is -2.34. The smallest absolute Gasteiger partial charge is 0.308 e. The number of carbonyl (C=O) groups excluding carboxylic acids is 1. The van der Waals surface area contributed by atoms with Gasteiger partial charge in [0.2, 0.25) is 0 Å². The Labute approximate surface area is 162 Å². The predicted molar refractivity (Wildman–Crippen MR) is 103 cm³/mol. The van der Waals surface area contributed by atoms with E-state index in [2.05, 4.69) is 5.32 Å². The fourth-order valence-corrected chi connectivity index (χ4v) is 2.75. The van der Waals surface area contributed by atoms with E-state index in [0.717, 1.165) is 5.56 Å². The zero-order valence-corrected chi connectivity index (χ0v) is 15.7. The van der Waals surface area contributed by atoms with E-state index < -0.39 is 22.7 Å². The van der Waals surface area contributed by atoms with Gasteiger partial charge in [-0.1, -0.05) is 12.1 Å². The molecular formula is C20H22N2O6. The number of non-ortho nitro benzene ring substituents is 1. The number of benzene rings is 2. The number of nitro groups is 1. The summed E-state index contributed by atoms with van der Waals surface area (Å²) in [4.78, 5) is 34.2. The molecule has 2 aromatic carbocycles. The highest BCUT2D eigenvalue weighted by Crippen LogP contribution is 2.18. The number of nitrogens with zero attached hydrogens (tertiary/aromatic N) is 1. The summed E-state index contributed by atoms with van der Waals surface area (Å²) in [7, 11) is 0. The van der Waals surface area contributed by atoms with Gasteiger partial charge in [0.05, 0.1) is 17.4 Å². The molecule has 0 radical (unpaired) electrons. The Morgan fingerprint density at radius 2 is 1.89 bits per heavy atom. The van der Waals surface area contributed by atoms with E-state index in [9.17, 15) is 24.8 Å². The van der Waals surface area contributed by atoms with Crippen LogP contribution in [0.25, 0.3) is 0 Å². The van der Waals surface area contributed by atoms with Crippen molar-refractivity contribution in [2.45, 2.75) is 20.3 Å². The van der Waals surface area contributed by atoms with Crippen LogP contribution in [0.4, 0.5) is 5.69 Å². The van der Waals surface area contributed by atoms with E-state index in [1.807, 2.05) is 6.92 Å². The quantitative estimate of drug-likeness (QED) is 0.505. The van der Waals surface area contributed by atoms with Gasteiger partial charge in [-0.05, 0) is 49.6 Å². The lowest BCUT2D eigenvalue weighted by Gasteiger charge is -2.14. The number of aryl methyl sites for hydroxylation is 1. The van der Waals surface area contributed by atoms with Gasteiger partial charge in [0.25, 0.3) is 11.6 Å². The van der Waals surface area contributed by atoms with E-state index in [-0.39, 0.29) is 24.2 Å². The first-order chi connectivity index (χ1) is 13.3. The Balaban J connectivity index is 2.01. The maximum atomic E-state index is 12.4. The van der Waals surface area contributed by atoms with Crippen molar-refractivity contribution in [2.75, 3.05) is 13.2 Å². The fraction of sp³-hybridized carbons (Fsp3) is 0.300. The molecule has 2 N–H and O–H groups in total. The van der Waals surface area contributed by atoms with E-state index in [4.69, 9.17) is 4.74 Å². The Hall–Kier alpha value is -3.42. The second-order valence-electron chi connectivity index (χ2n) is 6.28. The van der Waals surface area contributed by atoms with Crippen LogP contribution in [0.1, 0.15) is 28.4 Å². The van der Waals surface area contributed by atoms with E-state index >= 15 is 0 Å². The number of hydrogen-bond acceptors (Lipinski definition) is 5. The van der Waals surface area contributed by atoms with Crippen LogP contribution < -0.4 is 10.1 Å². The van der Waals surface area contributed by atoms with Gasteiger partial charge in [0.15, 0.2) is 0 Å². The molecule has 8 nitrogen and oxygen atoms in total. The molecule has 148 valence electrons. The van der Waals surface area contributed by atoms with Gasteiger partial charge in [0.1, 0.15) is 5.75 Å². The number of carbonyl (C=O) groups is 2. The van der Waals surface area contributed by atoms with Crippen molar-refractivity contribution in [3.8, 4) is 5.75 Å². The summed E-state index contributed by atoms with van der Waals surface area (Å²) >= 11 is 0. The van der Waals surface area contributed by atoms with E-state index in [0.29, 0.717) is 17.9 Å². The minimum absolute atomic E-state index is 0.0577. The molecule has 2 rings (SSSR count). The van der Waals surface area contributed by atoms with E-state index in [1.165, 1.54) is 18.2 Å². The number of aliphatic carboxylic acids is 1. The maximum absolute atomic E-state index is 12.4. The lowest BCUT2D eigenvalue weighted by molar-refractivity contribution is -0.384. The summed E-state index contributed by atoms with van der Waals surface area (Å²) in [6.07, 6.45) is 0.251. The van der Waals surface area contributed by atoms with Gasteiger partial charge in [-0.15, -0.1) is 0 Å². The molecule has 28 heavy (non-hydrogen) atoms. The normalized spacial score (nSPS) is 11.5. The topological polar surface area (TPSA) is 119 Å². The third kappa shape index (κ3) is 5.54. The number of amides is 1. The van der Waals surface area contributed by atoms with Crippen LogP contribution in [0.5, 0.6) is 5.75 Å². The molecule has 1 amide bonds. The van der Waals surface area contributed by atoms with Gasteiger partial charge >= 0.3 is 5.97 Å². The number of nitro benzene ring substituents is 1. The third-order valence-electron chi connectivity index (χ3n) is 4.24. The summed E-state index contributed by atoms with van der Waals surface area (Å²) in [5.41, 5.74) is 1.44. The molecule has 0 bridgehead atoms. The minimum atomic E-state index is -1.02. The number of rotatable bonds is 9. The van der Waals surface area contributed by atoms with Crippen molar-refractivity contribution in [1.29, 1.82) is 0 Å². The molecule has 0 saturated carbocycles. The molecule has 2 aromatic rings. The summed E-state index contributed by atoms with van der Waals surface area (Å²) in [6, 6.07) is 11.1. The molecule has 0 spiro atoms. The van der Waals surface area contributed by atoms with Crippen LogP contribution in [0.3, 0.4) is 0 Å². The molecule has 0 aliphatic carbocycles. The zero-order valence-electron chi connectivity index (χ0n) is 15.7. The van der Waals surface area contributed by atoms with Crippen molar-refractivity contribution in [3.05, 3.63) is 69.3 Å². The molecule has 8 heteroatoms. The Bertz CT molecular complexity index is 863. The number of carboxylic acid groups (broad SMARTS) is 1. The second kappa shape index (κ2) is 9.50. The average Bonchev–Trinajstić information content (AvgIpc) is 2.66. The number of ether oxygens (including phenoxy) is 1. The van der Waals surface area contributed by atoms with Gasteiger partial charge in [-0.2, -0.15) is 0 Å².